The van der Waals surface area contributed by atoms with Crippen LogP contribution in [0.3, 0.4) is 0 Å². The van der Waals surface area contributed by atoms with Gasteiger partial charge in [0.25, 0.3) is 0 Å². The minimum atomic E-state index is -0.434. The van der Waals surface area contributed by atoms with E-state index >= 15 is 0 Å². The summed E-state index contributed by atoms with van der Waals surface area (Å²) in [5, 5.41) is 5.62. The highest BCUT2D eigenvalue weighted by atomic mass is 19.1. The monoisotopic (exact) mass is 327 g/mol. The van der Waals surface area contributed by atoms with Crippen LogP contribution < -0.4 is 15.5 Å². The van der Waals surface area contributed by atoms with Gasteiger partial charge in [-0.1, -0.05) is 12.1 Å². The molecule has 2 N–H and O–H groups in total. The van der Waals surface area contributed by atoms with Crippen LogP contribution in [-0.2, 0) is 4.79 Å². The first-order valence-corrected chi connectivity index (χ1v) is 8.35. The molecule has 0 unspecified atom stereocenters. The molecule has 0 aliphatic carbocycles. The molecule has 0 saturated carbocycles. The van der Waals surface area contributed by atoms with E-state index in [0.29, 0.717) is 0 Å². The molecule has 4 nitrogen and oxygen atoms in total. The molecular weight excluding hydrogens is 305 g/mol. The van der Waals surface area contributed by atoms with E-state index in [0.717, 1.165) is 18.8 Å². The molecule has 24 heavy (non-hydrogen) atoms. The van der Waals surface area contributed by atoms with Crippen LogP contribution in [0.15, 0.2) is 48.5 Å². The van der Waals surface area contributed by atoms with Crippen LogP contribution >= 0.6 is 0 Å². The van der Waals surface area contributed by atoms with Gasteiger partial charge < -0.3 is 15.5 Å². The minimum Gasteiger partial charge on any atom is -0.376 e. The third-order valence-corrected chi connectivity index (χ3v) is 4.19. The lowest BCUT2D eigenvalue weighted by Gasteiger charge is -2.28. The van der Waals surface area contributed by atoms with Gasteiger partial charge in [0, 0.05) is 24.5 Å². The molecule has 0 aromatic heterocycles. The van der Waals surface area contributed by atoms with Crippen LogP contribution in [0.2, 0.25) is 0 Å². The summed E-state index contributed by atoms with van der Waals surface area (Å²) in [7, 11) is 0. The van der Waals surface area contributed by atoms with E-state index in [1.165, 1.54) is 31.0 Å². The Morgan fingerprint density at radius 1 is 1.00 bits per heavy atom. The number of para-hydroxylation sites is 1. The van der Waals surface area contributed by atoms with Gasteiger partial charge in [-0.2, -0.15) is 0 Å². The highest BCUT2D eigenvalue weighted by Gasteiger charge is 2.11. The standard InChI is InChI=1S/C19H22FN3O/c20-17-6-2-3-7-18(17)22-19(24)14-21-15-8-10-16(11-9-15)23-12-4-1-5-13-23/h2-3,6-11,21H,1,4-5,12-14H2,(H,22,24). The SMILES string of the molecule is O=C(CNc1ccc(N2CCCCC2)cc1)Nc1ccccc1F. The number of nitrogens with zero attached hydrogens (tertiary/aromatic N) is 1. The molecule has 1 saturated heterocycles. The van der Waals surface area contributed by atoms with Crippen molar-refractivity contribution in [2.45, 2.75) is 19.3 Å². The first-order valence-electron chi connectivity index (χ1n) is 8.35. The maximum Gasteiger partial charge on any atom is 0.243 e. The lowest BCUT2D eigenvalue weighted by atomic mass is 10.1. The predicted molar refractivity (Wildman–Crippen MR) is 96.0 cm³/mol. The van der Waals surface area contributed by atoms with Crippen molar-refractivity contribution in [3.8, 4) is 0 Å². The molecule has 1 aliphatic heterocycles. The number of anilines is 3. The summed E-state index contributed by atoms with van der Waals surface area (Å²) in [4.78, 5) is 14.3. The third kappa shape index (κ3) is 4.25. The molecule has 1 fully saturated rings. The predicted octanol–water partition coefficient (Wildman–Crippen LogP) is 3.87. The van der Waals surface area contributed by atoms with Gasteiger partial charge in [0.2, 0.25) is 5.91 Å². The van der Waals surface area contributed by atoms with Crippen molar-refractivity contribution < 1.29 is 9.18 Å². The molecule has 3 rings (SSSR count). The van der Waals surface area contributed by atoms with Gasteiger partial charge in [-0.05, 0) is 55.7 Å². The zero-order valence-electron chi connectivity index (χ0n) is 13.6. The van der Waals surface area contributed by atoms with E-state index in [4.69, 9.17) is 0 Å². The van der Waals surface area contributed by atoms with Crippen molar-refractivity contribution in [3.05, 3.63) is 54.3 Å². The number of carbonyl (C=O) groups is 1. The first-order chi connectivity index (χ1) is 11.7. The fourth-order valence-electron chi connectivity index (χ4n) is 2.88. The second-order valence-corrected chi connectivity index (χ2v) is 5.98. The van der Waals surface area contributed by atoms with Crippen LogP contribution in [0.5, 0.6) is 0 Å². The van der Waals surface area contributed by atoms with E-state index in [1.807, 2.05) is 12.1 Å². The van der Waals surface area contributed by atoms with E-state index in [-0.39, 0.29) is 18.1 Å². The van der Waals surface area contributed by atoms with Crippen LogP contribution in [0.1, 0.15) is 19.3 Å². The Morgan fingerprint density at radius 3 is 2.42 bits per heavy atom. The minimum absolute atomic E-state index is 0.0946. The number of hydrogen-bond acceptors (Lipinski definition) is 3. The number of piperidine rings is 1. The Bertz CT molecular complexity index is 681. The molecule has 1 amide bonds. The van der Waals surface area contributed by atoms with Gasteiger partial charge in [-0.25, -0.2) is 4.39 Å². The normalized spacial score (nSPS) is 14.3. The molecule has 1 heterocycles. The highest BCUT2D eigenvalue weighted by molar-refractivity contribution is 5.93. The summed E-state index contributed by atoms with van der Waals surface area (Å²) in [5.74, 6) is -0.711. The Balaban J connectivity index is 1.51. The van der Waals surface area contributed by atoms with Crippen molar-refractivity contribution in [3.63, 3.8) is 0 Å². The Kier molecular flexibility index (Phi) is 5.31. The summed E-state index contributed by atoms with van der Waals surface area (Å²) >= 11 is 0. The van der Waals surface area contributed by atoms with Crippen LogP contribution in [0.4, 0.5) is 21.5 Å². The van der Waals surface area contributed by atoms with E-state index < -0.39 is 5.82 Å². The molecule has 126 valence electrons. The molecule has 0 bridgehead atoms. The average molecular weight is 327 g/mol. The molecule has 2 aromatic rings. The maximum absolute atomic E-state index is 13.5. The Labute approximate surface area is 141 Å². The van der Waals surface area contributed by atoms with E-state index in [2.05, 4.69) is 27.7 Å². The molecule has 0 spiro atoms. The van der Waals surface area contributed by atoms with E-state index in [9.17, 15) is 9.18 Å². The van der Waals surface area contributed by atoms with Crippen molar-refractivity contribution in [2.24, 2.45) is 0 Å². The molecule has 0 atom stereocenters. The summed E-state index contributed by atoms with van der Waals surface area (Å²) < 4.78 is 13.5. The topological polar surface area (TPSA) is 44.4 Å². The second-order valence-electron chi connectivity index (χ2n) is 5.98. The number of carbonyl (C=O) groups excluding carboxylic acids is 1. The van der Waals surface area contributed by atoms with Gasteiger partial charge in [0.1, 0.15) is 5.82 Å². The second kappa shape index (κ2) is 7.81. The number of nitrogens with one attached hydrogen (secondary N) is 2. The zero-order valence-corrected chi connectivity index (χ0v) is 13.6. The van der Waals surface area contributed by atoms with Gasteiger partial charge in [0.15, 0.2) is 0 Å². The number of benzene rings is 2. The lowest BCUT2D eigenvalue weighted by Crippen LogP contribution is -2.29. The number of hydrogen-bond donors (Lipinski definition) is 2. The Hall–Kier alpha value is -2.56. The third-order valence-electron chi connectivity index (χ3n) is 4.19. The van der Waals surface area contributed by atoms with Crippen molar-refractivity contribution >= 4 is 23.0 Å². The number of amides is 1. The maximum atomic E-state index is 13.5. The fourth-order valence-corrected chi connectivity index (χ4v) is 2.88. The highest BCUT2D eigenvalue weighted by Crippen LogP contribution is 2.21. The number of halogens is 1. The van der Waals surface area contributed by atoms with Gasteiger partial charge in [-0.3, -0.25) is 4.79 Å². The molecule has 2 aromatic carbocycles. The Morgan fingerprint density at radius 2 is 1.71 bits per heavy atom. The smallest absolute Gasteiger partial charge is 0.243 e. The summed E-state index contributed by atoms with van der Waals surface area (Å²) in [6.45, 7) is 2.31. The van der Waals surface area contributed by atoms with E-state index in [1.54, 1.807) is 18.2 Å². The van der Waals surface area contributed by atoms with Crippen molar-refractivity contribution in [1.29, 1.82) is 0 Å². The molecule has 1 aliphatic rings. The van der Waals surface area contributed by atoms with Gasteiger partial charge in [0.05, 0.1) is 12.2 Å². The average Bonchev–Trinajstić information content (AvgIpc) is 2.63. The molecular formula is C19H22FN3O. The van der Waals surface area contributed by atoms with Crippen molar-refractivity contribution in [1.82, 2.24) is 0 Å². The summed E-state index contributed by atoms with van der Waals surface area (Å²) in [6, 6.07) is 14.2. The van der Waals surface area contributed by atoms with Crippen LogP contribution in [-0.4, -0.2) is 25.5 Å². The first kappa shape index (κ1) is 16.3. The zero-order chi connectivity index (χ0) is 16.8. The van der Waals surface area contributed by atoms with Crippen LogP contribution in [0, 0.1) is 5.82 Å². The quantitative estimate of drug-likeness (QED) is 0.876. The molecule has 5 heteroatoms. The fraction of sp³-hybridized carbons (Fsp3) is 0.316. The van der Waals surface area contributed by atoms with Crippen LogP contribution in [0.25, 0.3) is 0 Å². The molecule has 0 radical (unpaired) electrons. The van der Waals surface area contributed by atoms with Crippen molar-refractivity contribution in [2.75, 3.05) is 35.2 Å². The number of rotatable bonds is 5. The summed E-state index contributed by atoms with van der Waals surface area (Å²) in [5.41, 5.74) is 2.29. The largest absolute Gasteiger partial charge is 0.376 e. The lowest BCUT2D eigenvalue weighted by molar-refractivity contribution is -0.114. The summed E-state index contributed by atoms with van der Waals surface area (Å²) in [6.07, 6.45) is 3.81. The van der Waals surface area contributed by atoms with Gasteiger partial charge >= 0.3 is 0 Å². The van der Waals surface area contributed by atoms with Gasteiger partial charge in [-0.15, -0.1) is 0 Å².